The average molecular weight is 498 g/mol. The van der Waals surface area contributed by atoms with Gasteiger partial charge in [0.15, 0.2) is 5.82 Å². The third kappa shape index (κ3) is 8.18. The number of fused-ring (bicyclic) bond motifs is 1. The molecule has 8 heteroatoms. The molecule has 0 unspecified atom stereocenters. The molecule has 3 N–H and O–H groups in total. The molecule has 2 aliphatic heterocycles. The molecule has 7 nitrogen and oxygen atoms in total. The molecule has 0 aliphatic carbocycles. The Morgan fingerprint density at radius 2 is 1.58 bits per heavy atom. The zero-order chi connectivity index (χ0) is 25.8. The molecule has 196 valence electrons. The van der Waals surface area contributed by atoms with E-state index in [1.165, 1.54) is 44.1 Å². The number of anilines is 1. The maximum absolute atomic E-state index is 14.1. The number of nitrogens with two attached hydrogens (primary N) is 1. The Morgan fingerprint density at radius 1 is 0.944 bits per heavy atom. The minimum Gasteiger partial charge on any atom is -0.381 e. The second-order valence-corrected chi connectivity index (χ2v) is 9.38. The fourth-order valence-corrected chi connectivity index (χ4v) is 4.37. The van der Waals surface area contributed by atoms with Crippen molar-refractivity contribution in [1.82, 2.24) is 20.3 Å². The van der Waals surface area contributed by atoms with Crippen LogP contribution < -0.4 is 11.1 Å². The molecule has 0 bridgehead atoms. The summed E-state index contributed by atoms with van der Waals surface area (Å²) in [4.78, 5) is 12.3. The summed E-state index contributed by atoms with van der Waals surface area (Å²) < 4.78 is 24.2. The van der Waals surface area contributed by atoms with Crippen molar-refractivity contribution in [1.29, 1.82) is 0 Å². The minimum atomic E-state index is -0.492. The first kappa shape index (κ1) is 27.9. The Bertz CT molecular complexity index is 1050. The highest BCUT2D eigenvalue weighted by molar-refractivity contribution is 5.88. The molecule has 4 heterocycles. The van der Waals surface area contributed by atoms with Gasteiger partial charge in [0.2, 0.25) is 5.95 Å². The lowest BCUT2D eigenvalue weighted by Crippen LogP contribution is -2.09. The highest BCUT2D eigenvalue weighted by atomic mass is 19.1. The fourth-order valence-electron chi connectivity index (χ4n) is 4.37. The number of halogens is 1. The van der Waals surface area contributed by atoms with E-state index in [0.29, 0.717) is 11.5 Å². The van der Waals surface area contributed by atoms with Gasteiger partial charge in [-0.15, -0.1) is 0 Å². The molecule has 0 spiro atoms. The summed E-state index contributed by atoms with van der Waals surface area (Å²) in [5.74, 6) is -0.124. The quantitative estimate of drug-likeness (QED) is 0.482. The van der Waals surface area contributed by atoms with Crippen molar-refractivity contribution in [2.45, 2.75) is 64.8 Å². The van der Waals surface area contributed by atoms with E-state index in [-0.39, 0.29) is 11.6 Å². The van der Waals surface area contributed by atoms with E-state index < -0.39 is 5.82 Å². The van der Waals surface area contributed by atoms with Gasteiger partial charge in [0, 0.05) is 50.1 Å². The van der Waals surface area contributed by atoms with Gasteiger partial charge in [-0.3, -0.25) is 4.98 Å². The molecule has 2 aromatic heterocycles. The van der Waals surface area contributed by atoms with E-state index >= 15 is 0 Å². The predicted octanol–water partition coefficient (Wildman–Crippen LogP) is 5.63. The lowest BCUT2D eigenvalue weighted by atomic mass is 9.92. The zero-order valence-electron chi connectivity index (χ0n) is 21.9. The summed E-state index contributed by atoms with van der Waals surface area (Å²) in [5.41, 5.74) is 9.71. The number of aromatic nitrogens is 3. The number of nitrogens with one attached hydrogen (secondary N) is 1. The summed E-state index contributed by atoms with van der Waals surface area (Å²) in [6.07, 6.45) is 10.9. The lowest BCUT2D eigenvalue weighted by molar-refractivity contribution is 0.0967. The number of ether oxygens (including phenoxy) is 2. The summed E-state index contributed by atoms with van der Waals surface area (Å²) in [6.45, 7) is 9.02. The molecule has 2 aliphatic rings. The summed E-state index contributed by atoms with van der Waals surface area (Å²) in [6, 6.07) is 5.63. The maximum Gasteiger partial charge on any atom is 0.220 e. The van der Waals surface area contributed by atoms with E-state index in [1.807, 2.05) is 31.4 Å². The Hall–Kier alpha value is -2.68. The molecule has 2 saturated heterocycles. The van der Waals surface area contributed by atoms with Crippen LogP contribution >= 0.6 is 0 Å². The molecule has 0 amide bonds. The van der Waals surface area contributed by atoms with E-state index in [4.69, 9.17) is 15.2 Å². The summed E-state index contributed by atoms with van der Waals surface area (Å²) in [5, 5.41) is 4.18. The van der Waals surface area contributed by atoms with Gasteiger partial charge >= 0.3 is 0 Å². The summed E-state index contributed by atoms with van der Waals surface area (Å²) >= 11 is 0. The third-order valence-corrected chi connectivity index (χ3v) is 6.13. The Morgan fingerprint density at radius 3 is 2.08 bits per heavy atom. The molecule has 1 aromatic carbocycles. The number of rotatable bonds is 4. The van der Waals surface area contributed by atoms with Gasteiger partial charge in [-0.25, -0.2) is 14.4 Å². The molecule has 2 fully saturated rings. The minimum absolute atomic E-state index is 0.0534. The highest BCUT2D eigenvalue weighted by Gasteiger charge is 2.15. The van der Waals surface area contributed by atoms with Crippen LogP contribution in [0.5, 0.6) is 0 Å². The van der Waals surface area contributed by atoms with Crippen LogP contribution in [-0.2, 0) is 16.0 Å². The monoisotopic (exact) mass is 497 g/mol. The van der Waals surface area contributed by atoms with Crippen LogP contribution in [0, 0.1) is 5.82 Å². The molecule has 0 radical (unpaired) electrons. The number of nitrogen functional groups attached to an aromatic ring is 1. The smallest absolute Gasteiger partial charge is 0.220 e. The largest absolute Gasteiger partial charge is 0.381 e. The van der Waals surface area contributed by atoms with Crippen LogP contribution in [0.3, 0.4) is 0 Å². The Balaban J connectivity index is 0.000000244. The van der Waals surface area contributed by atoms with Crippen LogP contribution in [0.1, 0.15) is 69.4 Å². The van der Waals surface area contributed by atoms with Crippen LogP contribution in [0.2, 0.25) is 0 Å². The maximum atomic E-state index is 14.1. The van der Waals surface area contributed by atoms with Gasteiger partial charge in [0.25, 0.3) is 0 Å². The van der Waals surface area contributed by atoms with Gasteiger partial charge in [0.05, 0.1) is 11.7 Å². The first-order valence-corrected chi connectivity index (χ1v) is 13.0. The molecule has 36 heavy (non-hydrogen) atoms. The highest BCUT2D eigenvalue weighted by Crippen LogP contribution is 2.31. The van der Waals surface area contributed by atoms with Crippen LogP contribution in [0.15, 0.2) is 30.6 Å². The SMILES string of the molecule is C1CCOCC1.C1CCOCC1.CNCc1cnc2ccc(-c3nc(N)ncc3F)cc2c1C(C)C. The lowest BCUT2D eigenvalue weighted by Gasteiger charge is -2.16. The normalized spacial score (nSPS) is 15.6. The Kier molecular flexibility index (Phi) is 11.5. The van der Waals surface area contributed by atoms with Crippen molar-refractivity contribution in [3.05, 3.63) is 47.5 Å². The van der Waals surface area contributed by atoms with Gasteiger partial charge in [-0.2, -0.15) is 0 Å². The van der Waals surface area contributed by atoms with Crippen molar-refractivity contribution < 1.29 is 13.9 Å². The van der Waals surface area contributed by atoms with Crippen LogP contribution in [-0.4, -0.2) is 48.4 Å². The predicted molar refractivity (Wildman–Crippen MR) is 143 cm³/mol. The third-order valence-electron chi connectivity index (χ3n) is 6.13. The topological polar surface area (TPSA) is 95.2 Å². The number of pyridine rings is 1. The van der Waals surface area contributed by atoms with E-state index in [1.54, 1.807) is 0 Å². The van der Waals surface area contributed by atoms with Gasteiger partial charge in [0.1, 0.15) is 5.69 Å². The van der Waals surface area contributed by atoms with Gasteiger partial charge in [-0.1, -0.05) is 19.9 Å². The number of nitrogens with zero attached hydrogens (tertiary/aromatic N) is 3. The zero-order valence-corrected chi connectivity index (χ0v) is 21.9. The fraction of sp³-hybridized carbons (Fsp3) is 0.536. The number of hydrogen-bond acceptors (Lipinski definition) is 7. The van der Waals surface area contributed by atoms with Crippen molar-refractivity contribution in [3.8, 4) is 11.3 Å². The number of hydrogen-bond donors (Lipinski definition) is 2. The van der Waals surface area contributed by atoms with E-state index in [2.05, 4.69) is 34.1 Å². The van der Waals surface area contributed by atoms with E-state index in [9.17, 15) is 4.39 Å². The first-order valence-electron chi connectivity index (χ1n) is 13.0. The second kappa shape index (κ2) is 14.8. The molecular weight excluding hydrogens is 457 g/mol. The van der Waals surface area contributed by atoms with Crippen molar-refractivity contribution in [2.24, 2.45) is 0 Å². The van der Waals surface area contributed by atoms with Crippen LogP contribution in [0.25, 0.3) is 22.2 Å². The van der Waals surface area contributed by atoms with Crippen molar-refractivity contribution >= 4 is 16.9 Å². The first-order chi connectivity index (χ1) is 17.5. The van der Waals surface area contributed by atoms with Crippen molar-refractivity contribution in [3.63, 3.8) is 0 Å². The average Bonchev–Trinajstić information content (AvgIpc) is 2.92. The summed E-state index contributed by atoms with van der Waals surface area (Å²) in [7, 11) is 1.91. The van der Waals surface area contributed by atoms with Gasteiger partial charge < -0.3 is 20.5 Å². The number of benzene rings is 1. The molecular formula is C28H40FN5O2. The van der Waals surface area contributed by atoms with E-state index in [0.717, 1.165) is 55.6 Å². The van der Waals surface area contributed by atoms with Gasteiger partial charge in [-0.05, 0) is 74.8 Å². The Labute approximate surface area is 214 Å². The molecule has 3 aromatic rings. The molecule has 0 atom stereocenters. The standard InChI is InChI=1S/C18H20FN5.2C5H10O/c1-10(2)16-12(7-21-3)8-22-15-5-4-11(6-13(15)16)17-14(19)9-23-18(20)24-17;2*1-2-4-6-5-3-1/h4-6,8-10,21H,7H2,1-3H3,(H2,20,23,24);2*1-5H2. The van der Waals surface area contributed by atoms with Crippen LogP contribution in [0.4, 0.5) is 10.3 Å². The second-order valence-electron chi connectivity index (χ2n) is 9.38. The molecule has 0 saturated carbocycles. The molecule has 5 rings (SSSR count). The van der Waals surface area contributed by atoms with Crippen molar-refractivity contribution in [2.75, 3.05) is 39.2 Å².